The molecule has 0 aliphatic rings. The van der Waals surface area contributed by atoms with Crippen LogP contribution < -0.4 is 10.3 Å². The summed E-state index contributed by atoms with van der Waals surface area (Å²) in [5, 5.41) is 0.296. The summed E-state index contributed by atoms with van der Waals surface area (Å²) in [7, 11) is 1.55. The lowest BCUT2D eigenvalue weighted by Gasteiger charge is -2.03. The zero-order valence-corrected chi connectivity index (χ0v) is 10.3. The number of nitrogens with zero attached hydrogens (tertiary/aromatic N) is 1. The van der Waals surface area contributed by atoms with Crippen molar-refractivity contribution in [1.29, 1.82) is 0 Å². The molecule has 1 heterocycles. The van der Waals surface area contributed by atoms with E-state index in [9.17, 15) is 4.79 Å². The van der Waals surface area contributed by atoms with Gasteiger partial charge in [-0.05, 0) is 18.2 Å². The van der Waals surface area contributed by atoms with Crippen molar-refractivity contribution < 1.29 is 13.9 Å². The number of carbonyl (C=O) groups is 1. The van der Waals surface area contributed by atoms with E-state index in [0.29, 0.717) is 22.7 Å². The first-order valence-corrected chi connectivity index (χ1v) is 5.54. The normalized spacial score (nSPS) is 11.3. The van der Waals surface area contributed by atoms with Gasteiger partial charge in [0, 0.05) is 0 Å². The van der Waals surface area contributed by atoms with Gasteiger partial charge in [-0.25, -0.2) is 4.99 Å². The van der Waals surface area contributed by atoms with E-state index in [1.807, 2.05) is 12.1 Å². The molecular weight excluding hydrogens is 254 g/mol. The van der Waals surface area contributed by atoms with Crippen LogP contribution in [0.15, 0.2) is 46.0 Å². The lowest BCUT2D eigenvalue weighted by molar-refractivity contribution is 0.111. The largest absolute Gasteiger partial charge is 0.494 e. The summed E-state index contributed by atoms with van der Waals surface area (Å²) in [4.78, 5) is 15.2. The molecule has 0 aliphatic heterocycles. The van der Waals surface area contributed by atoms with Crippen LogP contribution in [0.1, 0.15) is 10.4 Å². The standard InChI is InChI=1S/C13H10ClNO3/c1-17-12-5-3-2-4-11(12)15-13-9(8-16)10(14)6-7-18-13/h2-8H,1H3. The van der Waals surface area contributed by atoms with Crippen molar-refractivity contribution in [2.24, 2.45) is 4.99 Å². The molecule has 0 bridgehead atoms. The zero-order valence-electron chi connectivity index (χ0n) is 9.59. The molecule has 2 aromatic rings. The van der Waals surface area contributed by atoms with E-state index >= 15 is 0 Å². The highest BCUT2D eigenvalue weighted by Crippen LogP contribution is 2.25. The Bertz CT molecular complexity index is 634. The maximum absolute atomic E-state index is 11.0. The predicted octanol–water partition coefficient (Wildman–Crippen LogP) is 2.99. The molecule has 0 saturated carbocycles. The molecule has 1 aromatic heterocycles. The lowest BCUT2D eigenvalue weighted by atomic mass is 10.3. The Hall–Kier alpha value is -2.07. The number of ether oxygens (including phenoxy) is 1. The Morgan fingerprint density at radius 1 is 1.33 bits per heavy atom. The van der Waals surface area contributed by atoms with Crippen molar-refractivity contribution in [3.63, 3.8) is 0 Å². The lowest BCUT2D eigenvalue weighted by Crippen LogP contribution is -2.08. The molecule has 2 rings (SSSR count). The van der Waals surface area contributed by atoms with Gasteiger partial charge >= 0.3 is 0 Å². The Kier molecular flexibility index (Phi) is 3.79. The fraction of sp³-hybridized carbons (Fsp3) is 0.0769. The Balaban J connectivity index is 2.64. The third-order valence-electron chi connectivity index (χ3n) is 2.31. The maximum atomic E-state index is 11.0. The van der Waals surface area contributed by atoms with E-state index in [-0.39, 0.29) is 11.1 Å². The Morgan fingerprint density at radius 3 is 2.83 bits per heavy atom. The fourth-order valence-electron chi connectivity index (χ4n) is 1.44. The van der Waals surface area contributed by atoms with E-state index in [1.165, 1.54) is 12.3 Å². The van der Waals surface area contributed by atoms with Gasteiger partial charge in [0.25, 0.3) is 0 Å². The molecular formula is C13H10ClNO3. The first-order valence-electron chi connectivity index (χ1n) is 5.16. The van der Waals surface area contributed by atoms with Crippen molar-refractivity contribution in [2.45, 2.75) is 0 Å². The third-order valence-corrected chi connectivity index (χ3v) is 2.64. The van der Waals surface area contributed by atoms with Crippen LogP contribution in [0.4, 0.5) is 5.69 Å². The smallest absolute Gasteiger partial charge is 0.231 e. The van der Waals surface area contributed by atoms with Gasteiger partial charge in [-0.15, -0.1) is 0 Å². The first kappa shape index (κ1) is 12.4. The number of benzene rings is 1. The monoisotopic (exact) mass is 263 g/mol. The van der Waals surface area contributed by atoms with E-state index in [2.05, 4.69) is 4.99 Å². The minimum atomic E-state index is 0.155. The summed E-state index contributed by atoms with van der Waals surface area (Å²) in [6, 6.07) is 8.65. The second kappa shape index (κ2) is 5.51. The maximum Gasteiger partial charge on any atom is 0.231 e. The predicted molar refractivity (Wildman–Crippen MR) is 67.3 cm³/mol. The van der Waals surface area contributed by atoms with Crippen molar-refractivity contribution in [2.75, 3.05) is 7.11 Å². The average molecular weight is 264 g/mol. The molecule has 0 aliphatic carbocycles. The molecule has 5 heteroatoms. The molecule has 0 atom stereocenters. The zero-order chi connectivity index (χ0) is 13.0. The molecule has 18 heavy (non-hydrogen) atoms. The summed E-state index contributed by atoms with van der Waals surface area (Å²) in [6.07, 6.45) is 1.99. The number of para-hydroxylation sites is 2. The van der Waals surface area contributed by atoms with Gasteiger partial charge in [0.2, 0.25) is 5.55 Å². The summed E-state index contributed by atoms with van der Waals surface area (Å²) in [5.74, 6) is 0.588. The first-order chi connectivity index (χ1) is 8.76. The Morgan fingerprint density at radius 2 is 2.11 bits per heavy atom. The van der Waals surface area contributed by atoms with E-state index in [0.717, 1.165) is 0 Å². The molecule has 0 saturated heterocycles. The van der Waals surface area contributed by atoms with Crippen LogP contribution in [0.3, 0.4) is 0 Å². The van der Waals surface area contributed by atoms with Crippen molar-refractivity contribution in [3.05, 3.63) is 52.7 Å². The average Bonchev–Trinajstić information content (AvgIpc) is 2.40. The second-order valence-corrected chi connectivity index (χ2v) is 3.80. The molecule has 92 valence electrons. The summed E-state index contributed by atoms with van der Waals surface area (Å²) in [6.45, 7) is 0. The summed E-state index contributed by atoms with van der Waals surface area (Å²) >= 11 is 5.89. The second-order valence-electron chi connectivity index (χ2n) is 3.39. The van der Waals surface area contributed by atoms with Crippen molar-refractivity contribution >= 4 is 23.6 Å². The number of carbonyl (C=O) groups excluding carboxylic acids is 1. The molecule has 0 fully saturated rings. The molecule has 0 spiro atoms. The van der Waals surface area contributed by atoms with Crippen LogP contribution >= 0.6 is 11.6 Å². The van der Waals surface area contributed by atoms with Crippen LogP contribution in [0.25, 0.3) is 0 Å². The van der Waals surface area contributed by atoms with Gasteiger partial charge in [0.05, 0.1) is 24.0 Å². The number of aldehydes is 1. The van der Waals surface area contributed by atoms with Crippen molar-refractivity contribution in [3.8, 4) is 5.75 Å². The van der Waals surface area contributed by atoms with Crippen molar-refractivity contribution in [1.82, 2.24) is 0 Å². The quantitative estimate of drug-likeness (QED) is 0.800. The van der Waals surface area contributed by atoms with Crippen LogP contribution in [0.5, 0.6) is 5.75 Å². The highest BCUT2D eigenvalue weighted by molar-refractivity contribution is 6.32. The number of hydrogen-bond donors (Lipinski definition) is 0. The molecule has 4 nitrogen and oxygen atoms in total. The van der Waals surface area contributed by atoms with E-state index in [1.54, 1.807) is 19.2 Å². The molecule has 1 aromatic carbocycles. The molecule has 0 radical (unpaired) electrons. The number of halogens is 1. The molecule has 0 amide bonds. The SMILES string of the molecule is COc1ccccc1N=c1occc(Cl)c1C=O. The van der Waals surface area contributed by atoms with E-state index < -0.39 is 0 Å². The number of methoxy groups -OCH3 is 1. The van der Waals surface area contributed by atoms with Gasteiger partial charge in [0.15, 0.2) is 6.29 Å². The molecule has 0 N–H and O–H groups in total. The molecule has 0 unspecified atom stereocenters. The number of rotatable bonds is 3. The van der Waals surface area contributed by atoms with Crippen LogP contribution in [-0.4, -0.2) is 13.4 Å². The minimum Gasteiger partial charge on any atom is -0.494 e. The van der Waals surface area contributed by atoms with Crippen LogP contribution in [0.2, 0.25) is 5.02 Å². The van der Waals surface area contributed by atoms with Gasteiger partial charge in [-0.3, -0.25) is 4.79 Å². The summed E-state index contributed by atoms with van der Waals surface area (Å²) in [5.41, 5.74) is 0.932. The number of hydrogen-bond acceptors (Lipinski definition) is 4. The van der Waals surface area contributed by atoms with Gasteiger partial charge in [-0.1, -0.05) is 23.7 Å². The van der Waals surface area contributed by atoms with Gasteiger partial charge in [0.1, 0.15) is 11.4 Å². The topological polar surface area (TPSA) is 51.8 Å². The highest BCUT2D eigenvalue weighted by Gasteiger charge is 2.05. The van der Waals surface area contributed by atoms with Gasteiger partial charge in [-0.2, -0.15) is 0 Å². The Labute approximate surface area is 108 Å². The van der Waals surface area contributed by atoms with Crippen LogP contribution in [0, 0.1) is 0 Å². The van der Waals surface area contributed by atoms with E-state index in [4.69, 9.17) is 20.8 Å². The van der Waals surface area contributed by atoms with Crippen LogP contribution in [-0.2, 0) is 0 Å². The fourth-order valence-corrected chi connectivity index (χ4v) is 1.62. The third kappa shape index (κ3) is 2.43. The summed E-state index contributed by atoms with van der Waals surface area (Å²) < 4.78 is 10.4. The van der Waals surface area contributed by atoms with Gasteiger partial charge < -0.3 is 9.15 Å². The minimum absolute atomic E-state index is 0.155. The highest BCUT2D eigenvalue weighted by atomic mass is 35.5.